The molecule has 0 fully saturated rings. The van der Waals surface area contributed by atoms with Crippen LogP contribution < -0.4 is 0 Å². The summed E-state index contributed by atoms with van der Waals surface area (Å²) in [4.78, 5) is 5.72. The highest BCUT2D eigenvalue weighted by atomic mass is 79.9. The summed E-state index contributed by atoms with van der Waals surface area (Å²) in [7, 11) is 0. The third-order valence-electron chi connectivity index (χ3n) is 2.23. The quantitative estimate of drug-likeness (QED) is 0.837. The van der Waals surface area contributed by atoms with Crippen molar-refractivity contribution < 1.29 is 0 Å². The normalized spacial score (nSPS) is 10.8. The first-order valence-corrected chi connectivity index (χ1v) is 6.64. The Hall–Kier alpha value is -0.610. The van der Waals surface area contributed by atoms with Gasteiger partial charge >= 0.3 is 0 Å². The van der Waals surface area contributed by atoms with Crippen molar-refractivity contribution in [3.8, 4) is 0 Å². The van der Waals surface area contributed by atoms with Gasteiger partial charge in [0.25, 0.3) is 0 Å². The van der Waals surface area contributed by atoms with Crippen LogP contribution in [0.1, 0.15) is 24.0 Å². The molecule has 80 valence electrons. The maximum atomic E-state index is 4.36. The van der Waals surface area contributed by atoms with Crippen molar-refractivity contribution in [1.82, 2.24) is 9.55 Å². The lowest BCUT2D eigenvalue weighted by atomic mass is 10.3. The second-order valence-electron chi connectivity index (χ2n) is 3.43. The lowest BCUT2D eigenvalue weighted by Gasteiger charge is -2.04. The molecule has 0 bridgehead atoms. The number of rotatable bonds is 4. The predicted molar refractivity (Wildman–Crippen MR) is 67.3 cm³/mol. The molecular formula is C11H13BrN2S. The van der Waals surface area contributed by atoms with Gasteiger partial charge in [-0.3, -0.25) is 0 Å². The van der Waals surface area contributed by atoms with Crippen LogP contribution in [0, 0.1) is 0 Å². The van der Waals surface area contributed by atoms with Crippen molar-refractivity contribution in [2.24, 2.45) is 0 Å². The topological polar surface area (TPSA) is 17.8 Å². The molecule has 2 heterocycles. The highest BCUT2D eigenvalue weighted by molar-refractivity contribution is 9.11. The number of hydrogen-bond donors (Lipinski definition) is 0. The van der Waals surface area contributed by atoms with E-state index in [9.17, 15) is 0 Å². The molecule has 0 N–H and O–H groups in total. The van der Waals surface area contributed by atoms with Gasteiger partial charge < -0.3 is 4.57 Å². The summed E-state index contributed by atoms with van der Waals surface area (Å²) in [6, 6.07) is 4.25. The molecule has 0 aromatic carbocycles. The zero-order chi connectivity index (χ0) is 10.7. The van der Waals surface area contributed by atoms with Crippen LogP contribution in [0.2, 0.25) is 0 Å². The largest absolute Gasteiger partial charge is 0.330 e. The van der Waals surface area contributed by atoms with Crippen LogP contribution in [0.4, 0.5) is 0 Å². The van der Waals surface area contributed by atoms with E-state index in [-0.39, 0.29) is 0 Å². The number of aryl methyl sites for hydroxylation is 1. The van der Waals surface area contributed by atoms with E-state index in [2.05, 4.69) is 50.7 Å². The summed E-state index contributed by atoms with van der Waals surface area (Å²) in [5.74, 6) is 1.18. The smallest absolute Gasteiger partial charge is 0.108 e. The standard InChI is InChI=1S/C11H13BrN2S/c1-2-3-11-13-6-7-14(11)8-9-4-5-10(12)15-9/h4-7H,2-3,8H2,1H3. The monoisotopic (exact) mass is 284 g/mol. The zero-order valence-corrected chi connectivity index (χ0v) is 11.0. The third kappa shape index (κ3) is 2.69. The molecule has 0 amide bonds. The van der Waals surface area contributed by atoms with Crippen molar-refractivity contribution in [2.45, 2.75) is 26.3 Å². The number of aromatic nitrogens is 2. The minimum absolute atomic E-state index is 0.936. The number of thiophene rings is 1. The Kier molecular flexibility index (Phi) is 3.59. The molecule has 0 unspecified atom stereocenters. The molecule has 0 saturated carbocycles. The van der Waals surface area contributed by atoms with E-state index >= 15 is 0 Å². The van der Waals surface area contributed by atoms with E-state index in [0.717, 1.165) is 19.4 Å². The Morgan fingerprint density at radius 2 is 2.33 bits per heavy atom. The maximum absolute atomic E-state index is 4.36. The predicted octanol–water partition coefficient (Wildman–Crippen LogP) is 3.71. The molecular weight excluding hydrogens is 272 g/mol. The maximum Gasteiger partial charge on any atom is 0.108 e. The summed E-state index contributed by atoms with van der Waals surface area (Å²) in [6.45, 7) is 3.12. The van der Waals surface area contributed by atoms with Gasteiger partial charge in [0.2, 0.25) is 0 Å². The molecule has 0 aliphatic heterocycles. The molecule has 2 nitrogen and oxygen atoms in total. The van der Waals surface area contributed by atoms with Gasteiger partial charge in [0.15, 0.2) is 0 Å². The summed E-state index contributed by atoms with van der Waals surface area (Å²) in [5, 5.41) is 0. The van der Waals surface area contributed by atoms with Gasteiger partial charge in [0.1, 0.15) is 5.82 Å². The minimum Gasteiger partial charge on any atom is -0.330 e. The first-order chi connectivity index (χ1) is 7.29. The Balaban J connectivity index is 2.13. The highest BCUT2D eigenvalue weighted by Crippen LogP contribution is 2.23. The summed E-state index contributed by atoms with van der Waals surface area (Å²) < 4.78 is 3.41. The van der Waals surface area contributed by atoms with Gasteiger partial charge in [0, 0.05) is 23.7 Å². The average molecular weight is 285 g/mol. The Labute approximate surface area is 102 Å². The van der Waals surface area contributed by atoms with E-state index in [0.29, 0.717) is 0 Å². The molecule has 0 saturated heterocycles. The van der Waals surface area contributed by atoms with Gasteiger partial charge in [-0.25, -0.2) is 4.98 Å². The molecule has 0 atom stereocenters. The van der Waals surface area contributed by atoms with Crippen LogP contribution >= 0.6 is 27.3 Å². The van der Waals surface area contributed by atoms with Crippen molar-refractivity contribution in [3.05, 3.63) is 39.0 Å². The SMILES string of the molecule is CCCc1nccn1Cc1ccc(Br)s1. The Morgan fingerprint density at radius 1 is 1.47 bits per heavy atom. The molecule has 4 heteroatoms. The number of hydrogen-bond acceptors (Lipinski definition) is 2. The average Bonchev–Trinajstić information content (AvgIpc) is 2.78. The molecule has 0 radical (unpaired) electrons. The number of imidazole rings is 1. The van der Waals surface area contributed by atoms with Crippen LogP contribution in [0.25, 0.3) is 0 Å². The van der Waals surface area contributed by atoms with Gasteiger partial charge in [-0.15, -0.1) is 11.3 Å². The molecule has 0 aliphatic carbocycles. The second-order valence-corrected chi connectivity index (χ2v) is 5.97. The highest BCUT2D eigenvalue weighted by Gasteiger charge is 2.03. The van der Waals surface area contributed by atoms with Gasteiger partial charge in [-0.05, 0) is 34.5 Å². The summed E-state index contributed by atoms with van der Waals surface area (Å²) in [6.07, 6.45) is 6.14. The van der Waals surface area contributed by atoms with Crippen LogP contribution in [0.5, 0.6) is 0 Å². The van der Waals surface area contributed by atoms with Gasteiger partial charge in [-0.1, -0.05) is 6.92 Å². The molecule has 2 aromatic rings. The Morgan fingerprint density at radius 3 is 3.00 bits per heavy atom. The van der Waals surface area contributed by atoms with Crippen molar-refractivity contribution >= 4 is 27.3 Å². The second kappa shape index (κ2) is 4.94. The summed E-state index contributed by atoms with van der Waals surface area (Å²) in [5.41, 5.74) is 0. The van der Waals surface area contributed by atoms with Gasteiger partial charge in [0.05, 0.1) is 10.3 Å². The molecule has 0 spiro atoms. The molecule has 2 aromatic heterocycles. The van der Waals surface area contributed by atoms with Crippen LogP contribution in [0.3, 0.4) is 0 Å². The first-order valence-electron chi connectivity index (χ1n) is 5.04. The first kappa shape index (κ1) is 10.9. The molecule has 0 aliphatic rings. The van der Waals surface area contributed by atoms with E-state index in [1.165, 1.54) is 14.5 Å². The zero-order valence-electron chi connectivity index (χ0n) is 8.61. The minimum atomic E-state index is 0.936. The van der Waals surface area contributed by atoms with E-state index in [1.54, 1.807) is 11.3 Å². The van der Waals surface area contributed by atoms with E-state index in [4.69, 9.17) is 0 Å². The van der Waals surface area contributed by atoms with Crippen molar-refractivity contribution in [3.63, 3.8) is 0 Å². The number of nitrogens with zero attached hydrogens (tertiary/aromatic N) is 2. The lowest BCUT2D eigenvalue weighted by molar-refractivity contribution is 0.711. The Bertz CT molecular complexity index is 433. The van der Waals surface area contributed by atoms with E-state index < -0.39 is 0 Å². The third-order valence-corrected chi connectivity index (χ3v) is 3.84. The fourth-order valence-corrected chi connectivity index (χ4v) is 3.02. The molecule has 2 rings (SSSR count). The van der Waals surface area contributed by atoms with E-state index in [1.807, 2.05) is 6.20 Å². The number of halogens is 1. The summed E-state index contributed by atoms with van der Waals surface area (Å²) >= 11 is 5.26. The van der Waals surface area contributed by atoms with Crippen LogP contribution in [0.15, 0.2) is 28.3 Å². The van der Waals surface area contributed by atoms with Crippen molar-refractivity contribution in [1.29, 1.82) is 0 Å². The van der Waals surface area contributed by atoms with Crippen LogP contribution in [-0.4, -0.2) is 9.55 Å². The van der Waals surface area contributed by atoms with Gasteiger partial charge in [-0.2, -0.15) is 0 Å². The lowest BCUT2D eigenvalue weighted by Crippen LogP contribution is -2.02. The molecule has 15 heavy (non-hydrogen) atoms. The van der Waals surface area contributed by atoms with Crippen molar-refractivity contribution in [2.75, 3.05) is 0 Å². The fourth-order valence-electron chi connectivity index (χ4n) is 1.54. The fraction of sp³-hybridized carbons (Fsp3) is 0.364. The van der Waals surface area contributed by atoms with Crippen LogP contribution in [-0.2, 0) is 13.0 Å².